The van der Waals surface area contributed by atoms with Gasteiger partial charge in [0.15, 0.2) is 0 Å². The summed E-state index contributed by atoms with van der Waals surface area (Å²) in [5.41, 5.74) is 0.432. The lowest BCUT2D eigenvalue weighted by molar-refractivity contribution is 0.262. The van der Waals surface area contributed by atoms with Gasteiger partial charge in [-0.1, -0.05) is 47.9 Å². The number of halogens is 2. The fourth-order valence-corrected chi connectivity index (χ4v) is 2.82. The molecule has 0 spiro atoms. The van der Waals surface area contributed by atoms with Crippen LogP contribution in [0.4, 0.5) is 20.7 Å². The quantitative estimate of drug-likeness (QED) is 0.767. The van der Waals surface area contributed by atoms with Gasteiger partial charge < -0.3 is 10.2 Å². The smallest absolute Gasteiger partial charge is 0.325 e. The van der Waals surface area contributed by atoms with Gasteiger partial charge >= 0.3 is 6.03 Å². The highest BCUT2D eigenvalue weighted by molar-refractivity contribution is 7.19. The predicted octanol–water partition coefficient (Wildman–Crippen LogP) is 4.73. The van der Waals surface area contributed by atoms with Gasteiger partial charge in [0.25, 0.3) is 0 Å². The second-order valence-electron chi connectivity index (χ2n) is 4.87. The van der Waals surface area contributed by atoms with E-state index in [1.165, 1.54) is 11.3 Å². The molecule has 0 unspecified atom stereocenters. The highest BCUT2D eigenvalue weighted by atomic mass is 35.5. The molecule has 0 radical (unpaired) electrons. The van der Waals surface area contributed by atoms with Crippen molar-refractivity contribution in [1.29, 1.82) is 0 Å². The number of anilines is 3. The summed E-state index contributed by atoms with van der Waals surface area (Å²) in [7, 11) is 1.95. The molecule has 0 saturated heterocycles. The number of amides is 2. The SMILES string of the molecule is CCCCN(C)c1nnc(NC(=O)Nc2cc(Cl)ccc2Cl)s1. The van der Waals surface area contributed by atoms with Crippen LogP contribution < -0.4 is 15.5 Å². The van der Waals surface area contributed by atoms with Crippen molar-refractivity contribution in [2.75, 3.05) is 29.1 Å². The third-order valence-electron chi connectivity index (χ3n) is 2.99. The lowest BCUT2D eigenvalue weighted by atomic mass is 10.3. The first-order valence-corrected chi connectivity index (χ1v) is 8.64. The maximum atomic E-state index is 12.0. The van der Waals surface area contributed by atoms with Crippen LogP contribution in [0.2, 0.25) is 10.0 Å². The molecule has 6 nitrogen and oxygen atoms in total. The van der Waals surface area contributed by atoms with Gasteiger partial charge in [-0.25, -0.2) is 4.79 Å². The van der Waals surface area contributed by atoms with E-state index in [1.54, 1.807) is 18.2 Å². The summed E-state index contributed by atoms with van der Waals surface area (Å²) in [5.74, 6) is 0. The number of benzene rings is 1. The van der Waals surface area contributed by atoms with Gasteiger partial charge in [0.2, 0.25) is 10.3 Å². The molecule has 1 aromatic heterocycles. The number of rotatable bonds is 6. The zero-order chi connectivity index (χ0) is 16.8. The van der Waals surface area contributed by atoms with E-state index in [1.807, 2.05) is 11.9 Å². The van der Waals surface area contributed by atoms with Crippen LogP contribution in [0.1, 0.15) is 19.8 Å². The molecule has 0 atom stereocenters. The van der Waals surface area contributed by atoms with E-state index in [0.29, 0.717) is 20.9 Å². The van der Waals surface area contributed by atoms with Crippen molar-refractivity contribution < 1.29 is 4.79 Å². The summed E-state index contributed by atoms with van der Waals surface area (Å²) >= 11 is 13.2. The first-order valence-electron chi connectivity index (χ1n) is 7.07. The van der Waals surface area contributed by atoms with Crippen LogP contribution in [-0.4, -0.2) is 29.8 Å². The van der Waals surface area contributed by atoms with Gasteiger partial charge in [-0.15, -0.1) is 10.2 Å². The van der Waals surface area contributed by atoms with Crippen LogP contribution >= 0.6 is 34.5 Å². The van der Waals surface area contributed by atoms with Crippen LogP contribution in [0.5, 0.6) is 0 Å². The topological polar surface area (TPSA) is 70.2 Å². The van der Waals surface area contributed by atoms with Crippen molar-refractivity contribution in [1.82, 2.24) is 10.2 Å². The molecule has 2 N–H and O–H groups in total. The Balaban J connectivity index is 1.95. The minimum Gasteiger partial charge on any atom is -0.350 e. The standard InChI is InChI=1S/C14H17Cl2N5OS/c1-3-4-7-21(2)14-20-19-13(23-14)18-12(22)17-11-8-9(15)5-6-10(11)16/h5-6,8H,3-4,7H2,1-2H3,(H2,17,18,19,22). The van der Waals surface area contributed by atoms with Gasteiger partial charge in [0.05, 0.1) is 10.7 Å². The molecule has 2 aromatic rings. The molecule has 0 aliphatic carbocycles. The minimum atomic E-state index is -0.451. The van der Waals surface area contributed by atoms with Gasteiger partial charge in [0.1, 0.15) is 0 Å². The number of nitrogens with zero attached hydrogens (tertiary/aromatic N) is 3. The number of unbranched alkanes of at least 4 members (excludes halogenated alkanes) is 1. The average molecular weight is 374 g/mol. The van der Waals surface area contributed by atoms with Gasteiger partial charge in [-0.05, 0) is 24.6 Å². The Labute approximate surface area is 148 Å². The monoisotopic (exact) mass is 373 g/mol. The molecule has 2 rings (SSSR count). The summed E-state index contributed by atoms with van der Waals surface area (Å²) in [4.78, 5) is 14.0. The number of carbonyl (C=O) groups excluding carboxylic acids is 1. The van der Waals surface area contributed by atoms with Crippen LogP contribution in [-0.2, 0) is 0 Å². The maximum Gasteiger partial charge on any atom is 0.325 e. The Morgan fingerprint density at radius 1 is 1.30 bits per heavy atom. The van der Waals surface area contributed by atoms with E-state index in [9.17, 15) is 4.79 Å². The minimum absolute atomic E-state index is 0.404. The lowest BCUT2D eigenvalue weighted by Gasteiger charge is -2.13. The summed E-state index contributed by atoms with van der Waals surface area (Å²) in [6.07, 6.45) is 2.18. The van der Waals surface area contributed by atoms with Crippen LogP contribution in [0, 0.1) is 0 Å². The number of hydrogen-bond acceptors (Lipinski definition) is 5. The van der Waals surface area contributed by atoms with Crippen LogP contribution in [0.15, 0.2) is 18.2 Å². The molecule has 0 aliphatic heterocycles. The van der Waals surface area contributed by atoms with E-state index < -0.39 is 6.03 Å². The molecule has 9 heteroatoms. The van der Waals surface area contributed by atoms with E-state index in [2.05, 4.69) is 27.8 Å². The first kappa shape index (κ1) is 17.8. The van der Waals surface area contributed by atoms with Crippen molar-refractivity contribution in [2.24, 2.45) is 0 Å². The van der Waals surface area contributed by atoms with E-state index >= 15 is 0 Å². The molecule has 0 saturated carbocycles. The molecule has 124 valence electrons. The Bertz CT molecular complexity index is 679. The fourth-order valence-electron chi connectivity index (χ4n) is 1.76. The zero-order valence-electron chi connectivity index (χ0n) is 12.8. The Morgan fingerprint density at radius 3 is 2.83 bits per heavy atom. The molecule has 1 aromatic carbocycles. The molecule has 23 heavy (non-hydrogen) atoms. The highest BCUT2D eigenvalue weighted by Gasteiger charge is 2.12. The molecule has 0 aliphatic rings. The number of nitrogens with one attached hydrogen (secondary N) is 2. The average Bonchev–Trinajstić information content (AvgIpc) is 2.97. The van der Waals surface area contributed by atoms with Crippen molar-refractivity contribution in [3.05, 3.63) is 28.2 Å². The van der Waals surface area contributed by atoms with Crippen molar-refractivity contribution in [3.63, 3.8) is 0 Å². The number of hydrogen-bond donors (Lipinski definition) is 2. The Morgan fingerprint density at radius 2 is 2.09 bits per heavy atom. The van der Waals surface area contributed by atoms with Crippen LogP contribution in [0.3, 0.4) is 0 Å². The maximum absolute atomic E-state index is 12.0. The summed E-state index contributed by atoms with van der Waals surface area (Å²) in [6.45, 7) is 3.03. The second-order valence-corrected chi connectivity index (χ2v) is 6.67. The number of aromatic nitrogens is 2. The van der Waals surface area contributed by atoms with Gasteiger partial charge in [0, 0.05) is 18.6 Å². The lowest BCUT2D eigenvalue weighted by Crippen LogP contribution is -2.19. The van der Waals surface area contributed by atoms with Gasteiger partial charge in [-0.2, -0.15) is 0 Å². The highest BCUT2D eigenvalue weighted by Crippen LogP contribution is 2.26. The number of urea groups is 1. The molecular weight excluding hydrogens is 357 g/mol. The second kappa shape index (κ2) is 8.33. The predicted molar refractivity (Wildman–Crippen MR) is 97.2 cm³/mol. The third kappa shape index (κ3) is 5.23. The van der Waals surface area contributed by atoms with Gasteiger partial charge in [-0.3, -0.25) is 5.32 Å². The number of carbonyl (C=O) groups is 1. The third-order valence-corrected chi connectivity index (χ3v) is 4.50. The summed E-state index contributed by atoms with van der Waals surface area (Å²) in [6, 6.07) is 4.39. The molecule has 1 heterocycles. The molecule has 0 bridgehead atoms. The Hall–Kier alpha value is -1.57. The summed E-state index contributed by atoms with van der Waals surface area (Å²) in [5, 5.41) is 15.4. The van der Waals surface area contributed by atoms with Crippen LogP contribution in [0.25, 0.3) is 0 Å². The van der Waals surface area contributed by atoms with E-state index in [4.69, 9.17) is 23.2 Å². The normalized spacial score (nSPS) is 10.4. The van der Waals surface area contributed by atoms with Crippen molar-refractivity contribution in [2.45, 2.75) is 19.8 Å². The molecule has 2 amide bonds. The largest absolute Gasteiger partial charge is 0.350 e. The van der Waals surface area contributed by atoms with E-state index in [0.717, 1.165) is 24.5 Å². The van der Waals surface area contributed by atoms with Crippen molar-refractivity contribution in [3.8, 4) is 0 Å². The fraction of sp³-hybridized carbons (Fsp3) is 0.357. The molecule has 0 fully saturated rings. The first-order chi connectivity index (χ1) is 11.0. The molecular formula is C14H17Cl2N5OS. The van der Waals surface area contributed by atoms with Crippen molar-refractivity contribution >= 4 is 56.5 Å². The Kier molecular flexibility index (Phi) is 6.44. The zero-order valence-corrected chi connectivity index (χ0v) is 15.1. The van der Waals surface area contributed by atoms with E-state index in [-0.39, 0.29) is 0 Å². The summed E-state index contributed by atoms with van der Waals surface area (Å²) < 4.78 is 0.